The molecule has 0 bridgehead atoms. The van der Waals surface area contributed by atoms with E-state index in [9.17, 15) is 0 Å². The van der Waals surface area contributed by atoms with Gasteiger partial charge in [-0.15, -0.1) is 0 Å². The minimum absolute atomic E-state index is 0.481. The highest BCUT2D eigenvalue weighted by Gasteiger charge is 2.18. The van der Waals surface area contributed by atoms with E-state index >= 15 is 0 Å². The molecule has 3 rings (SSSR count). The van der Waals surface area contributed by atoms with E-state index in [1.54, 1.807) is 6.20 Å². The second-order valence-electron chi connectivity index (χ2n) is 5.47. The van der Waals surface area contributed by atoms with Crippen molar-refractivity contribution in [3.8, 4) is 11.1 Å². The van der Waals surface area contributed by atoms with E-state index < -0.39 is 0 Å². The first-order valence-electron chi connectivity index (χ1n) is 7.32. The van der Waals surface area contributed by atoms with Gasteiger partial charge in [-0.25, -0.2) is 4.98 Å². The second-order valence-corrected chi connectivity index (χ2v) is 6.32. The monoisotopic (exact) mass is 359 g/mol. The summed E-state index contributed by atoms with van der Waals surface area (Å²) in [6, 6.07) is 8.24. The first-order chi connectivity index (χ1) is 10.7. The summed E-state index contributed by atoms with van der Waals surface area (Å²) >= 11 is 3.41. The van der Waals surface area contributed by atoms with Crippen LogP contribution < -0.4 is 5.73 Å². The number of rotatable bonds is 3. The number of hydrogen-bond donors (Lipinski definition) is 2. The third-order valence-electron chi connectivity index (χ3n) is 4.11. The molecule has 2 aromatic rings. The highest BCUT2D eigenvalue weighted by Crippen LogP contribution is 2.32. The Bertz CT molecular complexity index is 696. The van der Waals surface area contributed by atoms with Crippen molar-refractivity contribution in [2.45, 2.75) is 18.8 Å². The number of benzene rings is 1. The van der Waals surface area contributed by atoms with Gasteiger partial charge in [-0.3, -0.25) is 0 Å². The van der Waals surface area contributed by atoms with Crippen LogP contribution >= 0.6 is 15.9 Å². The number of halogens is 1. The van der Waals surface area contributed by atoms with Crippen LogP contribution in [0.2, 0.25) is 0 Å². The molecule has 1 aliphatic rings. The minimum atomic E-state index is 0.481. The summed E-state index contributed by atoms with van der Waals surface area (Å²) in [6.45, 7) is 1.61. The fourth-order valence-electron chi connectivity index (χ4n) is 2.87. The van der Waals surface area contributed by atoms with Crippen molar-refractivity contribution in [3.05, 3.63) is 46.1 Å². The zero-order valence-corrected chi connectivity index (χ0v) is 13.8. The molecule has 1 aliphatic heterocycles. The van der Waals surface area contributed by atoms with E-state index in [0.717, 1.165) is 47.2 Å². The summed E-state index contributed by atoms with van der Waals surface area (Å²) in [5.74, 6) is 0.963. The Morgan fingerprint density at radius 1 is 1.23 bits per heavy atom. The topological polar surface area (TPSA) is 72.0 Å². The minimum Gasteiger partial charge on any atom is -0.383 e. The molecule has 0 amide bonds. The van der Waals surface area contributed by atoms with Crippen molar-refractivity contribution < 1.29 is 4.74 Å². The fourth-order valence-corrected chi connectivity index (χ4v) is 3.22. The standard InChI is InChI=1S/C17H18BrN3O/c18-16-8-14(10-21-17(16)20)12-1-2-15(13(7-12)9-19)11-3-5-22-6-4-11/h1-2,7-11,19H,3-6H2,(H2,20,21). The van der Waals surface area contributed by atoms with Gasteiger partial charge >= 0.3 is 0 Å². The molecule has 0 atom stereocenters. The number of anilines is 1. The van der Waals surface area contributed by atoms with Crippen LogP contribution in [0.4, 0.5) is 5.82 Å². The molecule has 1 aromatic carbocycles. The zero-order valence-electron chi connectivity index (χ0n) is 12.2. The fraction of sp³-hybridized carbons (Fsp3) is 0.294. The van der Waals surface area contributed by atoms with E-state index in [0.29, 0.717) is 11.7 Å². The van der Waals surface area contributed by atoms with Gasteiger partial charge in [0.2, 0.25) is 0 Å². The highest BCUT2D eigenvalue weighted by molar-refractivity contribution is 9.10. The Balaban J connectivity index is 1.97. The van der Waals surface area contributed by atoms with Crippen molar-refractivity contribution in [3.63, 3.8) is 0 Å². The van der Waals surface area contributed by atoms with E-state index in [-0.39, 0.29) is 0 Å². The van der Waals surface area contributed by atoms with Crippen LogP contribution in [0.1, 0.15) is 29.9 Å². The molecule has 0 unspecified atom stereocenters. The van der Waals surface area contributed by atoms with Crippen LogP contribution in [-0.2, 0) is 4.74 Å². The average molecular weight is 360 g/mol. The molecule has 1 aromatic heterocycles. The lowest BCUT2D eigenvalue weighted by atomic mass is 9.87. The van der Waals surface area contributed by atoms with Gasteiger partial charge in [0, 0.05) is 31.2 Å². The highest BCUT2D eigenvalue weighted by atomic mass is 79.9. The Morgan fingerprint density at radius 2 is 2.00 bits per heavy atom. The Morgan fingerprint density at radius 3 is 2.68 bits per heavy atom. The normalized spacial score (nSPS) is 15.7. The van der Waals surface area contributed by atoms with Crippen LogP contribution in [0.25, 0.3) is 11.1 Å². The number of aromatic nitrogens is 1. The molecule has 4 nitrogen and oxygen atoms in total. The molecule has 22 heavy (non-hydrogen) atoms. The average Bonchev–Trinajstić information content (AvgIpc) is 2.57. The van der Waals surface area contributed by atoms with Gasteiger partial charge in [0.1, 0.15) is 5.82 Å². The van der Waals surface area contributed by atoms with E-state index in [2.05, 4.69) is 39.1 Å². The van der Waals surface area contributed by atoms with Gasteiger partial charge in [0.25, 0.3) is 0 Å². The van der Waals surface area contributed by atoms with Gasteiger partial charge in [-0.05, 0) is 63.5 Å². The molecule has 2 heterocycles. The van der Waals surface area contributed by atoms with Crippen molar-refractivity contribution in [2.24, 2.45) is 0 Å². The van der Waals surface area contributed by atoms with Gasteiger partial charge in [-0.2, -0.15) is 0 Å². The molecule has 114 valence electrons. The third-order valence-corrected chi connectivity index (χ3v) is 4.74. The van der Waals surface area contributed by atoms with Crippen LogP contribution in [0.15, 0.2) is 34.9 Å². The summed E-state index contributed by atoms with van der Waals surface area (Å²) in [4.78, 5) is 4.18. The molecule has 1 fully saturated rings. The summed E-state index contributed by atoms with van der Waals surface area (Å²) < 4.78 is 6.22. The first kappa shape index (κ1) is 15.2. The van der Waals surface area contributed by atoms with Crippen molar-refractivity contribution in [1.82, 2.24) is 4.98 Å². The van der Waals surface area contributed by atoms with E-state index in [1.165, 1.54) is 11.8 Å². The summed E-state index contributed by atoms with van der Waals surface area (Å²) in [5.41, 5.74) is 9.98. The number of ether oxygens (including phenoxy) is 1. The SMILES string of the molecule is N=Cc1cc(-c2cnc(N)c(Br)c2)ccc1C1CCOCC1. The molecule has 0 spiro atoms. The largest absolute Gasteiger partial charge is 0.383 e. The number of pyridine rings is 1. The molecule has 0 aliphatic carbocycles. The number of nitrogen functional groups attached to an aromatic ring is 1. The number of nitrogens with two attached hydrogens (primary N) is 1. The van der Waals surface area contributed by atoms with Crippen LogP contribution in [0.5, 0.6) is 0 Å². The van der Waals surface area contributed by atoms with E-state index in [1.807, 2.05) is 6.07 Å². The number of hydrogen-bond acceptors (Lipinski definition) is 4. The van der Waals surface area contributed by atoms with E-state index in [4.69, 9.17) is 15.9 Å². The van der Waals surface area contributed by atoms with Gasteiger partial charge in [0.15, 0.2) is 0 Å². The van der Waals surface area contributed by atoms with Gasteiger partial charge in [-0.1, -0.05) is 12.1 Å². The van der Waals surface area contributed by atoms with Gasteiger partial charge in [0.05, 0.1) is 4.47 Å². The second kappa shape index (κ2) is 6.58. The third kappa shape index (κ3) is 3.05. The summed E-state index contributed by atoms with van der Waals surface area (Å²) in [5, 5.41) is 7.74. The van der Waals surface area contributed by atoms with Crippen molar-refractivity contribution in [2.75, 3.05) is 18.9 Å². The van der Waals surface area contributed by atoms with Crippen LogP contribution in [-0.4, -0.2) is 24.4 Å². The lowest BCUT2D eigenvalue weighted by molar-refractivity contribution is 0.0853. The van der Waals surface area contributed by atoms with Gasteiger partial charge < -0.3 is 15.9 Å². The molecule has 5 heteroatoms. The first-order valence-corrected chi connectivity index (χ1v) is 8.12. The predicted octanol–water partition coefficient (Wildman–Crippen LogP) is 3.98. The summed E-state index contributed by atoms with van der Waals surface area (Å²) in [6.07, 6.45) is 5.25. The lowest BCUT2D eigenvalue weighted by Gasteiger charge is -2.24. The van der Waals surface area contributed by atoms with Crippen molar-refractivity contribution >= 4 is 28.0 Å². The number of nitrogens with zero attached hydrogens (tertiary/aromatic N) is 1. The number of nitrogens with one attached hydrogen (secondary N) is 1. The Labute approximate surface area is 138 Å². The predicted molar refractivity (Wildman–Crippen MR) is 92.5 cm³/mol. The Kier molecular flexibility index (Phi) is 4.55. The quantitative estimate of drug-likeness (QED) is 0.813. The maximum atomic E-state index is 7.74. The molecule has 0 saturated carbocycles. The van der Waals surface area contributed by atoms with Crippen molar-refractivity contribution in [1.29, 1.82) is 5.41 Å². The molecule has 3 N–H and O–H groups in total. The molecule has 0 radical (unpaired) electrons. The van der Waals surface area contributed by atoms with Crippen LogP contribution in [0.3, 0.4) is 0 Å². The maximum Gasteiger partial charge on any atom is 0.137 e. The molecular formula is C17H18BrN3O. The lowest BCUT2D eigenvalue weighted by Crippen LogP contribution is -2.15. The Hall–Kier alpha value is -1.72. The molecular weight excluding hydrogens is 342 g/mol. The molecule has 1 saturated heterocycles. The van der Waals surface area contributed by atoms with Crippen LogP contribution in [0, 0.1) is 5.41 Å². The smallest absolute Gasteiger partial charge is 0.137 e. The summed E-state index contributed by atoms with van der Waals surface area (Å²) in [7, 11) is 0. The zero-order chi connectivity index (χ0) is 15.5. The maximum absolute atomic E-state index is 7.74.